The van der Waals surface area contributed by atoms with E-state index in [4.69, 9.17) is 16.3 Å². The number of alkyl halides is 2. The zero-order chi connectivity index (χ0) is 29.2. The molecule has 2 heterocycles. The molecule has 5 rings (SSSR count). The molecular formula is C28H32ClF3N4O4. The number of amides is 2. The minimum absolute atomic E-state index is 0.00529. The molecule has 0 radical (unpaired) electrons. The number of aliphatic hydroxyl groups is 1. The number of anilines is 1. The predicted molar refractivity (Wildman–Crippen MR) is 142 cm³/mol. The monoisotopic (exact) mass is 580 g/mol. The maximum Gasteiger partial charge on any atom is 0.263 e. The number of hydrogen-bond donors (Lipinski definition) is 3. The quantitative estimate of drug-likeness (QED) is 0.411. The van der Waals surface area contributed by atoms with Crippen LogP contribution in [-0.2, 0) is 10.4 Å². The summed E-state index contributed by atoms with van der Waals surface area (Å²) in [6.45, 7) is 5.35. The van der Waals surface area contributed by atoms with Crippen molar-refractivity contribution in [2.45, 2.75) is 82.7 Å². The van der Waals surface area contributed by atoms with Crippen LogP contribution in [0.25, 0.3) is 0 Å². The second-order valence-corrected chi connectivity index (χ2v) is 12.2. The van der Waals surface area contributed by atoms with Crippen LogP contribution in [-0.4, -0.2) is 58.6 Å². The topological polar surface area (TPSA) is 104 Å². The number of benzene rings is 1. The fraction of sp³-hybridized carbons (Fsp3) is 0.536. The summed E-state index contributed by atoms with van der Waals surface area (Å²) in [6.07, 6.45) is 1.35. The van der Waals surface area contributed by atoms with Crippen molar-refractivity contribution >= 4 is 29.2 Å². The van der Waals surface area contributed by atoms with E-state index in [0.29, 0.717) is 12.2 Å². The van der Waals surface area contributed by atoms with Crippen LogP contribution in [0.1, 0.15) is 62.9 Å². The highest BCUT2D eigenvalue weighted by Gasteiger charge is 2.76. The molecular weight excluding hydrogens is 549 g/mol. The molecule has 2 aromatic rings. The SMILES string of the molecule is CC(C)(Oc1cc(F)c(C(C)(C)O)cc1Cl)C(=O)NC1CC2N(c3ccc(C(=O)NCC(F)F)cn3)C3CCC132. The fourth-order valence-corrected chi connectivity index (χ4v) is 6.43. The molecule has 0 bridgehead atoms. The van der Waals surface area contributed by atoms with E-state index in [0.717, 1.165) is 18.9 Å². The van der Waals surface area contributed by atoms with Crippen molar-refractivity contribution in [2.75, 3.05) is 11.4 Å². The summed E-state index contributed by atoms with van der Waals surface area (Å²) in [4.78, 5) is 31.9. The van der Waals surface area contributed by atoms with E-state index in [1.54, 1.807) is 26.0 Å². The van der Waals surface area contributed by atoms with Gasteiger partial charge in [0.1, 0.15) is 17.4 Å². The summed E-state index contributed by atoms with van der Waals surface area (Å²) >= 11 is 6.30. The molecule has 1 saturated heterocycles. The third kappa shape index (κ3) is 4.66. The minimum Gasteiger partial charge on any atom is -0.476 e. The van der Waals surface area contributed by atoms with Gasteiger partial charge < -0.3 is 25.4 Å². The minimum atomic E-state index is -2.62. The lowest BCUT2D eigenvalue weighted by Gasteiger charge is -2.79. The summed E-state index contributed by atoms with van der Waals surface area (Å²) in [6, 6.07) is 5.97. The van der Waals surface area contributed by atoms with Gasteiger partial charge in [-0.2, -0.15) is 0 Å². The van der Waals surface area contributed by atoms with Crippen LogP contribution in [0.5, 0.6) is 5.75 Å². The Morgan fingerprint density at radius 2 is 1.98 bits per heavy atom. The lowest BCUT2D eigenvalue weighted by molar-refractivity contribution is -0.163. The molecule has 1 aromatic heterocycles. The first-order valence-electron chi connectivity index (χ1n) is 13.2. The Kier molecular flexibility index (Phi) is 6.97. The standard InChI is InChI=1S/C28H32ClF3N4O4/c1-26(2,39)15-9-16(29)18(10-17(15)30)40-27(3,4)25(38)35-19-11-21-28(19)8-7-20(28)36(21)23-6-5-14(12-33-23)24(37)34-13-22(31)32/h5-6,9-10,12,19-22,39H,7-8,11,13H2,1-4H3,(H,34,37)(H,35,38). The first-order valence-corrected chi connectivity index (χ1v) is 13.6. The molecule has 2 aliphatic carbocycles. The van der Waals surface area contributed by atoms with Gasteiger partial charge >= 0.3 is 0 Å². The lowest BCUT2D eigenvalue weighted by atomic mass is 9.40. The second-order valence-electron chi connectivity index (χ2n) is 11.8. The molecule has 1 aliphatic heterocycles. The summed E-state index contributed by atoms with van der Waals surface area (Å²) in [5.74, 6) is -0.934. The van der Waals surface area contributed by atoms with Crippen molar-refractivity contribution in [3.05, 3.63) is 52.4 Å². The highest BCUT2D eigenvalue weighted by Crippen LogP contribution is 2.68. The Labute approximate surface area is 235 Å². The number of carbonyl (C=O) groups excluding carboxylic acids is 2. The highest BCUT2D eigenvalue weighted by molar-refractivity contribution is 6.32. The van der Waals surface area contributed by atoms with Crippen LogP contribution in [0.15, 0.2) is 30.5 Å². The number of halogens is 4. The van der Waals surface area contributed by atoms with E-state index in [2.05, 4.69) is 20.5 Å². The third-order valence-electron chi connectivity index (χ3n) is 8.46. The Hall–Kier alpha value is -3.05. The summed E-state index contributed by atoms with van der Waals surface area (Å²) in [7, 11) is 0. The smallest absolute Gasteiger partial charge is 0.263 e. The van der Waals surface area contributed by atoms with Gasteiger partial charge in [0.25, 0.3) is 18.2 Å². The maximum absolute atomic E-state index is 14.6. The van der Waals surface area contributed by atoms with E-state index >= 15 is 0 Å². The Morgan fingerprint density at radius 1 is 1.25 bits per heavy atom. The molecule has 40 heavy (non-hydrogen) atoms. The number of piperidine rings is 2. The van der Waals surface area contributed by atoms with Crippen molar-refractivity contribution in [3.63, 3.8) is 0 Å². The van der Waals surface area contributed by atoms with Crippen LogP contribution >= 0.6 is 11.6 Å². The number of aromatic nitrogens is 1. The summed E-state index contributed by atoms with van der Waals surface area (Å²) < 4.78 is 45.2. The summed E-state index contributed by atoms with van der Waals surface area (Å²) in [5, 5.41) is 15.5. The van der Waals surface area contributed by atoms with Gasteiger partial charge in [-0.3, -0.25) is 9.59 Å². The fourth-order valence-electron chi connectivity index (χ4n) is 6.23. The molecule has 216 valence electrons. The van der Waals surface area contributed by atoms with E-state index in [9.17, 15) is 27.9 Å². The average Bonchev–Trinajstić information content (AvgIpc) is 2.84. The van der Waals surface area contributed by atoms with Gasteiger partial charge in [-0.1, -0.05) is 11.6 Å². The molecule has 12 heteroatoms. The average molecular weight is 581 g/mol. The number of ether oxygens (including phenoxy) is 1. The van der Waals surface area contributed by atoms with Crippen molar-refractivity contribution in [2.24, 2.45) is 5.41 Å². The zero-order valence-corrected chi connectivity index (χ0v) is 23.4. The number of pyridine rings is 1. The molecule has 4 unspecified atom stereocenters. The highest BCUT2D eigenvalue weighted by atomic mass is 35.5. The van der Waals surface area contributed by atoms with E-state index < -0.39 is 35.9 Å². The molecule has 8 nitrogen and oxygen atoms in total. The number of carbonyl (C=O) groups is 2. The van der Waals surface area contributed by atoms with Crippen LogP contribution in [0.4, 0.5) is 19.0 Å². The Bertz CT molecular complexity index is 1330. The molecule has 4 atom stereocenters. The lowest BCUT2D eigenvalue weighted by Crippen LogP contribution is -2.90. The first kappa shape index (κ1) is 28.5. The van der Waals surface area contributed by atoms with Crippen molar-refractivity contribution < 1.29 is 32.6 Å². The van der Waals surface area contributed by atoms with E-state index in [1.165, 1.54) is 26.1 Å². The van der Waals surface area contributed by atoms with Gasteiger partial charge in [-0.05, 0) is 65.2 Å². The molecule has 3 fully saturated rings. The Balaban J connectivity index is 1.21. The van der Waals surface area contributed by atoms with Gasteiger partial charge in [0.05, 0.1) is 22.7 Å². The normalized spacial score (nSPS) is 25.1. The zero-order valence-electron chi connectivity index (χ0n) is 22.6. The second kappa shape index (κ2) is 9.80. The molecule has 1 aromatic carbocycles. The maximum atomic E-state index is 14.6. The largest absolute Gasteiger partial charge is 0.476 e. The van der Waals surface area contributed by atoms with E-state index in [1.807, 2.05) is 0 Å². The Morgan fingerprint density at radius 3 is 2.52 bits per heavy atom. The predicted octanol–water partition coefficient (Wildman–Crippen LogP) is 4.18. The van der Waals surface area contributed by atoms with Gasteiger partial charge in [0, 0.05) is 41.4 Å². The molecule has 1 spiro atoms. The van der Waals surface area contributed by atoms with Crippen LogP contribution in [0.2, 0.25) is 5.02 Å². The van der Waals surface area contributed by atoms with Gasteiger partial charge in [0.2, 0.25) is 0 Å². The van der Waals surface area contributed by atoms with Gasteiger partial charge in [-0.25, -0.2) is 18.2 Å². The van der Waals surface area contributed by atoms with Crippen molar-refractivity contribution in [3.8, 4) is 5.75 Å². The molecule has 2 saturated carbocycles. The van der Waals surface area contributed by atoms with Crippen LogP contribution < -0.4 is 20.3 Å². The van der Waals surface area contributed by atoms with Crippen LogP contribution in [0.3, 0.4) is 0 Å². The van der Waals surface area contributed by atoms with Crippen molar-refractivity contribution in [1.82, 2.24) is 15.6 Å². The van der Waals surface area contributed by atoms with Gasteiger partial charge in [0.15, 0.2) is 5.60 Å². The number of hydrogen-bond acceptors (Lipinski definition) is 6. The number of rotatable bonds is 9. The number of nitrogens with zero attached hydrogens (tertiary/aromatic N) is 2. The molecule has 3 N–H and O–H groups in total. The van der Waals surface area contributed by atoms with Crippen LogP contribution in [0, 0.1) is 11.2 Å². The molecule has 2 amide bonds. The van der Waals surface area contributed by atoms with Crippen molar-refractivity contribution in [1.29, 1.82) is 0 Å². The summed E-state index contributed by atoms with van der Waals surface area (Å²) in [5.41, 5.74) is -2.62. The first-order chi connectivity index (χ1) is 18.6. The van der Waals surface area contributed by atoms with Gasteiger partial charge in [-0.15, -0.1) is 0 Å². The van der Waals surface area contributed by atoms with E-state index in [-0.39, 0.29) is 51.3 Å². The molecule has 3 aliphatic rings. The number of nitrogens with one attached hydrogen (secondary N) is 2. The third-order valence-corrected chi connectivity index (χ3v) is 8.76.